The van der Waals surface area contributed by atoms with Gasteiger partial charge in [-0.15, -0.1) is 0 Å². The van der Waals surface area contributed by atoms with E-state index in [1.54, 1.807) is 42.9 Å². The summed E-state index contributed by atoms with van der Waals surface area (Å²) in [6.07, 6.45) is 5.12. The molecule has 3 aromatic rings. The zero-order valence-corrected chi connectivity index (χ0v) is 23.1. The number of aromatic nitrogens is 2. The average Bonchev–Trinajstić information content (AvgIpc) is 2.73. The molecule has 0 unspecified atom stereocenters. The molecule has 1 N–H and O–H groups in total. The minimum atomic E-state index is 0.395. The summed E-state index contributed by atoms with van der Waals surface area (Å²) < 4.78 is 5.42. The molecule has 172 valence electrons. The van der Waals surface area contributed by atoms with Gasteiger partial charge in [-0.1, -0.05) is 69.6 Å². The van der Waals surface area contributed by atoms with Crippen LogP contribution in [-0.2, 0) is 10.2 Å². The van der Waals surface area contributed by atoms with E-state index in [1.807, 2.05) is 0 Å². The number of rotatable bonds is 8. The Morgan fingerprint density at radius 3 is 1.72 bits per heavy atom. The molecule has 0 saturated carbocycles. The van der Waals surface area contributed by atoms with Crippen LogP contribution in [0, 0.1) is 0 Å². The summed E-state index contributed by atoms with van der Waals surface area (Å²) in [7, 11) is 0. The van der Waals surface area contributed by atoms with Gasteiger partial charge in [0.15, 0.2) is 0 Å². The van der Waals surface area contributed by atoms with Crippen LogP contribution in [0.2, 0.25) is 30.1 Å². The smallest absolute Gasteiger partial charge is 0.0739 e. The number of halogens is 6. The second-order valence-electron chi connectivity index (χ2n) is 5.73. The molecule has 3 rings (SSSR count). The first-order chi connectivity index (χ1) is 15.3. The molecule has 0 aliphatic heterocycles. The number of thiol groups is 1. The van der Waals surface area contributed by atoms with E-state index in [1.165, 1.54) is 0 Å². The molecule has 1 heterocycles. The van der Waals surface area contributed by atoms with Crippen molar-refractivity contribution >= 4 is 106 Å². The summed E-state index contributed by atoms with van der Waals surface area (Å²) in [5, 5.41) is 5.65. The number of hydrogen-bond acceptors (Lipinski definition) is 7. The Hall–Kier alpha value is 0.230. The molecule has 0 atom stereocenters. The summed E-state index contributed by atoms with van der Waals surface area (Å²) in [4.78, 5) is 9.15. The van der Waals surface area contributed by atoms with E-state index >= 15 is 0 Å². The third-order valence-electron chi connectivity index (χ3n) is 3.37. The number of benzene rings is 2. The molecule has 32 heavy (non-hydrogen) atoms. The average molecular weight is 610 g/mol. The maximum atomic E-state index is 6.05. The van der Waals surface area contributed by atoms with Gasteiger partial charge in [0.25, 0.3) is 0 Å². The summed E-state index contributed by atoms with van der Waals surface area (Å²) in [6, 6.07) is 6.31. The van der Waals surface area contributed by atoms with Crippen molar-refractivity contribution in [1.82, 2.24) is 15.3 Å². The van der Waals surface area contributed by atoms with E-state index in [2.05, 4.69) is 27.9 Å². The van der Waals surface area contributed by atoms with Crippen molar-refractivity contribution in [2.45, 2.75) is 16.3 Å². The standard InChI is InChI=1S/C12H4Cl6OS2.C7H11N3S/c13-5-1-7(15)11(8(16)2-5)20-19-21-12-9(17)3-6(14)4-10(12)18;11-4-3-9-6-7-5-8-1-2-10-7/h1-4H;1-2,5,9,11H,3-4,6H2. The van der Waals surface area contributed by atoms with Crippen molar-refractivity contribution in [3.8, 4) is 0 Å². The second kappa shape index (κ2) is 15.3. The predicted octanol–water partition coefficient (Wildman–Crippen LogP) is 8.83. The molecule has 0 spiro atoms. The number of nitrogens with zero attached hydrogens (tertiary/aromatic N) is 2. The summed E-state index contributed by atoms with van der Waals surface area (Å²) >= 11 is 41.9. The van der Waals surface area contributed by atoms with Crippen molar-refractivity contribution in [3.63, 3.8) is 0 Å². The Kier molecular flexibility index (Phi) is 13.6. The highest BCUT2D eigenvalue weighted by atomic mass is 35.5. The van der Waals surface area contributed by atoms with Crippen LogP contribution in [0.25, 0.3) is 0 Å². The Morgan fingerprint density at radius 2 is 1.31 bits per heavy atom. The maximum Gasteiger partial charge on any atom is 0.0739 e. The minimum Gasteiger partial charge on any atom is -0.310 e. The van der Waals surface area contributed by atoms with Gasteiger partial charge in [0.1, 0.15) is 0 Å². The zero-order valence-electron chi connectivity index (χ0n) is 16.0. The van der Waals surface area contributed by atoms with Crippen LogP contribution in [0.1, 0.15) is 5.69 Å². The molecular formula is C19H15Cl6N3OS3. The first kappa shape index (κ1) is 28.5. The van der Waals surface area contributed by atoms with Crippen molar-refractivity contribution in [3.05, 3.63) is 78.7 Å². The third kappa shape index (κ3) is 9.84. The van der Waals surface area contributed by atoms with Gasteiger partial charge in [0.2, 0.25) is 0 Å². The monoisotopic (exact) mass is 607 g/mol. The highest BCUT2D eigenvalue weighted by Gasteiger charge is 2.13. The molecule has 0 aliphatic carbocycles. The Balaban J connectivity index is 0.000000278. The van der Waals surface area contributed by atoms with E-state index in [0.717, 1.165) is 48.6 Å². The lowest BCUT2D eigenvalue weighted by Crippen LogP contribution is -2.16. The molecule has 2 aromatic carbocycles. The Morgan fingerprint density at radius 1 is 0.812 bits per heavy atom. The van der Waals surface area contributed by atoms with Crippen molar-refractivity contribution in [2.75, 3.05) is 12.3 Å². The SMILES string of the molecule is Clc1cc(Cl)c(SOSc2c(Cl)cc(Cl)cc2Cl)c(Cl)c1.SCCNCc1cnccn1. The topological polar surface area (TPSA) is 47.0 Å². The van der Waals surface area contributed by atoms with E-state index in [9.17, 15) is 0 Å². The molecule has 0 aliphatic rings. The Labute approximate surface area is 230 Å². The van der Waals surface area contributed by atoms with Crippen LogP contribution in [0.15, 0.2) is 52.6 Å². The fourth-order valence-electron chi connectivity index (χ4n) is 2.02. The van der Waals surface area contributed by atoms with E-state index < -0.39 is 0 Å². The normalized spacial score (nSPS) is 10.6. The van der Waals surface area contributed by atoms with Gasteiger partial charge in [-0.3, -0.25) is 9.97 Å². The van der Waals surface area contributed by atoms with Gasteiger partial charge in [0.05, 0.1) is 35.6 Å². The van der Waals surface area contributed by atoms with E-state index in [-0.39, 0.29) is 0 Å². The van der Waals surface area contributed by atoms with Gasteiger partial charge in [0, 0.05) is 71.6 Å². The molecular weight excluding hydrogens is 595 g/mol. The fourth-order valence-corrected chi connectivity index (χ4v) is 5.42. The molecule has 0 fully saturated rings. The number of hydrogen-bond donors (Lipinski definition) is 2. The lowest BCUT2D eigenvalue weighted by molar-refractivity contribution is 0.712. The van der Waals surface area contributed by atoms with Crippen LogP contribution in [-0.4, -0.2) is 22.3 Å². The molecule has 0 bridgehead atoms. The largest absolute Gasteiger partial charge is 0.310 e. The van der Waals surface area contributed by atoms with Crippen molar-refractivity contribution < 1.29 is 3.63 Å². The first-order valence-corrected chi connectivity index (χ1v) is 13.1. The quantitative estimate of drug-likeness (QED) is 0.151. The van der Waals surface area contributed by atoms with Gasteiger partial charge >= 0.3 is 0 Å². The molecule has 1 aromatic heterocycles. The van der Waals surface area contributed by atoms with Crippen molar-refractivity contribution in [2.24, 2.45) is 0 Å². The van der Waals surface area contributed by atoms with Crippen LogP contribution < -0.4 is 5.32 Å². The second-order valence-corrected chi connectivity index (χ2v) is 10.4. The first-order valence-electron chi connectivity index (χ1n) is 8.68. The van der Waals surface area contributed by atoms with Crippen LogP contribution in [0.3, 0.4) is 0 Å². The van der Waals surface area contributed by atoms with Gasteiger partial charge in [-0.05, 0) is 24.3 Å². The minimum absolute atomic E-state index is 0.395. The summed E-state index contributed by atoms with van der Waals surface area (Å²) in [6.45, 7) is 1.67. The van der Waals surface area contributed by atoms with E-state index in [4.69, 9.17) is 73.2 Å². The van der Waals surface area contributed by atoms with Gasteiger partial charge in [-0.2, -0.15) is 12.6 Å². The Bertz CT molecular complexity index is 913. The lowest BCUT2D eigenvalue weighted by Gasteiger charge is -2.08. The van der Waals surface area contributed by atoms with Crippen LogP contribution >= 0.6 is 106 Å². The fraction of sp³-hybridized carbons (Fsp3) is 0.158. The molecule has 4 nitrogen and oxygen atoms in total. The van der Waals surface area contributed by atoms with Crippen LogP contribution in [0.4, 0.5) is 0 Å². The number of nitrogens with one attached hydrogen (secondary N) is 1. The predicted molar refractivity (Wildman–Crippen MR) is 143 cm³/mol. The van der Waals surface area contributed by atoms with Crippen molar-refractivity contribution in [1.29, 1.82) is 0 Å². The van der Waals surface area contributed by atoms with Gasteiger partial charge in [-0.25, -0.2) is 3.63 Å². The lowest BCUT2D eigenvalue weighted by atomic mass is 10.4. The maximum absolute atomic E-state index is 6.05. The van der Waals surface area contributed by atoms with E-state index in [0.29, 0.717) is 39.9 Å². The highest BCUT2D eigenvalue weighted by Crippen LogP contribution is 2.43. The van der Waals surface area contributed by atoms with Crippen LogP contribution in [0.5, 0.6) is 0 Å². The molecule has 0 radical (unpaired) electrons. The molecule has 0 amide bonds. The third-order valence-corrected chi connectivity index (χ3v) is 7.43. The summed E-state index contributed by atoms with van der Waals surface area (Å²) in [5.41, 5.74) is 0.967. The van der Waals surface area contributed by atoms with Gasteiger partial charge < -0.3 is 5.32 Å². The molecule has 13 heteroatoms. The zero-order chi connectivity index (χ0) is 23.5. The highest BCUT2D eigenvalue weighted by molar-refractivity contribution is 8.08. The molecule has 0 saturated heterocycles. The summed E-state index contributed by atoms with van der Waals surface area (Å²) in [5.74, 6) is 0.847.